The maximum Gasteiger partial charge on any atom is 0.228 e. The molecule has 0 unspecified atom stereocenters. The predicted octanol–water partition coefficient (Wildman–Crippen LogP) is 1.45. The Balaban J connectivity index is 1.68. The minimum atomic E-state index is 0.609. The highest BCUT2D eigenvalue weighted by Gasteiger charge is 2.35. The van der Waals surface area contributed by atoms with Gasteiger partial charge in [0.2, 0.25) is 11.8 Å². The Kier molecular flexibility index (Phi) is 3.82. The minimum Gasteiger partial charge on any atom is -0.478 e. The number of hydrogen-bond acceptors (Lipinski definition) is 5. The fourth-order valence-corrected chi connectivity index (χ4v) is 2.98. The molecule has 2 aliphatic heterocycles. The third-order valence-corrected chi connectivity index (χ3v) is 3.95. The first-order valence-corrected chi connectivity index (χ1v) is 7.31. The molecule has 0 bridgehead atoms. The van der Waals surface area contributed by atoms with Crippen LogP contribution in [0.2, 0.25) is 0 Å². The quantitative estimate of drug-likeness (QED) is 0.890. The average Bonchev–Trinajstić information content (AvgIpc) is 2.89. The van der Waals surface area contributed by atoms with Crippen LogP contribution in [0.25, 0.3) is 0 Å². The molecule has 19 heavy (non-hydrogen) atoms. The molecule has 2 aliphatic rings. The van der Waals surface area contributed by atoms with E-state index >= 15 is 0 Å². The van der Waals surface area contributed by atoms with Gasteiger partial charge in [-0.2, -0.15) is 4.98 Å². The van der Waals surface area contributed by atoms with Crippen LogP contribution in [0.5, 0.6) is 5.88 Å². The third kappa shape index (κ3) is 2.81. The van der Waals surface area contributed by atoms with E-state index in [9.17, 15) is 0 Å². The van der Waals surface area contributed by atoms with Gasteiger partial charge in [0.05, 0.1) is 6.61 Å². The van der Waals surface area contributed by atoms with Crippen LogP contribution in [-0.2, 0) is 0 Å². The van der Waals surface area contributed by atoms with Gasteiger partial charge in [-0.15, -0.1) is 0 Å². The van der Waals surface area contributed by atoms with Gasteiger partial charge >= 0.3 is 0 Å². The van der Waals surface area contributed by atoms with Gasteiger partial charge in [-0.1, -0.05) is 6.92 Å². The summed E-state index contributed by atoms with van der Waals surface area (Å²) in [6.07, 6.45) is 5.40. The standard InChI is InChI=1S/C14H22N4O/c1-2-8-19-13-5-7-16-14(17-13)18-9-11-4-3-6-15-12(11)10-18/h5,7,11-12,15H,2-4,6,8-10H2,1H3/t11-,12+/m0/s1. The molecule has 0 spiro atoms. The van der Waals surface area contributed by atoms with E-state index in [-0.39, 0.29) is 0 Å². The van der Waals surface area contributed by atoms with Gasteiger partial charge < -0.3 is 15.0 Å². The maximum absolute atomic E-state index is 5.58. The molecule has 1 aromatic heterocycles. The molecule has 2 atom stereocenters. The summed E-state index contributed by atoms with van der Waals surface area (Å²) in [5.74, 6) is 2.25. The molecule has 0 radical (unpaired) electrons. The Hall–Kier alpha value is -1.36. The molecule has 0 saturated carbocycles. The summed E-state index contributed by atoms with van der Waals surface area (Å²) in [5.41, 5.74) is 0. The molecule has 0 aliphatic carbocycles. The largest absolute Gasteiger partial charge is 0.478 e. The number of rotatable bonds is 4. The molecule has 104 valence electrons. The summed E-state index contributed by atoms with van der Waals surface area (Å²) in [5, 5.41) is 3.60. The molecule has 0 aromatic carbocycles. The van der Waals surface area contributed by atoms with Gasteiger partial charge in [0.15, 0.2) is 0 Å². The van der Waals surface area contributed by atoms with Crippen LogP contribution in [0.4, 0.5) is 5.95 Å². The van der Waals surface area contributed by atoms with Crippen LogP contribution in [0.1, 0.15) is 26.2 Å². The van der Waals surface area contributed by atoms with Crippen LogP contribution in [-0.4, -0.2) is 42.3 Å². The molecule has 0 amide bonds. The topological polar surface area (TPSA) is 50.3 Å². The van der Waals surface area contributed by atoms with Crippen molar-refractivity contribution in [3.8, 4) is 5.88 Å². The van der Waals surface area contributed by atoms with Crippen molar-refractivity contribution >= 4 is 5.95 Å². The zero-order valence-corrected chi connectivity index (χ0v) is 11.5. The SMILES string of the molecule is CCCOc1ccnc(N2C[C@@H]3CCCN[C@@H]3C2)n1. The monoisotopic (exact) mass is 262 g/mol. The van der Waals surface area contributed by atoms with Crippen molar-refractivity contribution in [3.63, 3.8) is 0 Å². The number of nitrogens with zero attached hydrogens (tertiary/aromatic N) is 3. The summed E-state index contributed by atoms with van der Waals surface area (Å²) in [6, 6.07) is 2.44. The van der Waals surface area contributed by atoms with E-state index in [4.69, 9.17) is 4.74 Å². The number of nitrogens with one attached hydrogen (secondary N) is 1. The minimum absolute atomic E-state index is 0.609. The van der Waals surface area contributed by atoms with Crippen LogP contribution in [0.3, 0.4) is 0 Å². The van der Waals surface area contributed by atoms with E-state index in [2.05, 4.69) is 27.1 Å². The van der Waals surface area contributed by atoms with Crippen LogP contribution < -0.4 is 15.0 Å². The van der Waals surface area contributed by atoms with Crippen molar-refractivity contribution in [1.29, 1.82) is 0 Å². The summed E-state index contributed by atoms with van der Waals surface area (Å²) in [6.45, 7) is 6.04. The van der Waals surface area contributed by atoms with Gasteiger partial charge in [-0.25, -0.2) is 4.98 Å². The number of ether oxygens (including phenoxy) is 1. The highest BCUT2D eigenvalue weighted by molar-refractivity contribution is 5.35. The van der Waals surface area contributed by atoms with E-state index in [1.807, 2.05) is 6.07 Å². The van der Waals surface area contributed by atoms with E-state index in [1.54, 1.807) is 6.20 Å². The molecule has 2 saturated heterocycles. The lowest BCUT2D eigenvalue weighted by molar-refractivity contribution is 0.305. The van der Waals surface area contributed by atoms with E-state index in [1.165, 1.54) is 12.8 Å². The summed E-state index contributed by atoms with van der Waals surface area (Å²) >= 11 is 0. The highest BCUT2D eigenvalue weighted by Crippen LogP contribution is 2.27. The molecule has 3 heterocycles. The number of aromatic nitrogens is 2. The van der Waals surface area contributed by atoms with Crippen molar-refractivity contribution in [3.05, 3.63) is 12.3 Å². The summed E-state index contributed by atoms with van der Waals surface area (Å²) in [7, 11) is 0. The van der Waals surface area contributed by atoms with Gasteiger partial charge in [0.25, 0.3) is 0 Å². The Bertz CT molecular complexity index is 412. The zero-order valence-electron chi connectivity index (χ0n) is 11.5. The molecular weight excluding hydrogens is 240 g/mol. The second kappa shape index (κ2) is 5.74. The molecule has 5 nitrogen and oxygen atoms in total. The Morgan fingerprint density at radius 1 is 1.47 bits per heavy atom. The highest BCUT2D eigenvalue weighted by atomic mass is 16.5. The Morgan fingerprint density at radius 2 is 2.42 bits per heavy atom. The van der Waals surface area contributed by atoms with Crippen molar-refractivity contribution in [1.82, 2.24) is 15.3 Å². The van der Waals surface area contributed by atoms with Crippen molar-refractivity contribution in [2.45, 2.75) is 32.2 Å². The van der Waals surface area contributed by atoms with Gasteiger partial charge in [-0.3, -0.25) is 0 Å². The predicted molar refractivity (Wildman–Crippen MR) is 74.5 cm³/mol. The van der Waals surface area contributed by atoms with E-state index < -0.39 is 0 Å². The van der Waals surface area contributed by atoms with Gasteiger partial charge in [-0.05, 0) is 31.7 Å². The van der Waals surface area contributed by atoms with E-state index in [0.717, 1.165) is 37.9 Å². The molecule has 1 aromatic rings. The fraction of sp³-hybridized carbons (Fsp3) is 0.714. The fourth-order valence-electron chi connectivity index (χ4n) is 2.98. The number of hydrogen-bond donors (Lipinski definition) is 1. The lowest BCUT2D eigenvalue weighted by Gasteiger charge is -2.24. The molecule has 3 rings (SSSR count). The van der Waals surface area contributed by atoms with Crippen molar-refractivity contribution < 1.29 is 4.74 Å². The van der Waals surface area contributed by atoms with Crippen LogP contribution in [0.15, 0.2) is 12.3 Å². The Labute approximate surface area is 114 Å². The van der Waals surface area contributed by atoms with Crippen LogP contribution in [0, 0.1) is 5.92 Å². The zero-order chi connectivity index (χ0) is 13.1. The lowest BCUT2D eigenvalue weighted by Crippen LogP contribution is -2.40. The first-order chi connectivity index (χ1) is 9.36. The second-order valence-corrected chi connectivity index (χ2v) is 5.41. The van der Waals surface area contributed by atoms with Crippen LogP contribution >= 0.6 is 0 Å². The number of piperidine rings is 1. The lowest BCUT2D eigenvalue weighted by atomic mass is 9.94. The molecular formula is C14H22N4O. The summed E-state index contributed by atoms with van der Waals surface area (Å²) in [4.78, 5) is 11.2. The second-order valence-electron chi connectivity index (χ2n) is 5.41. The molecule has 5 heteroatoms. The molecule has 1 N–H and O–H groups in total. The average molecular weight is 262 g/mol. The van der Waals surface area contributed by atoms with Gasteiger partial charge in [0.1, 0.15) is 0 Å². The summed E-state index contributed by atoms with van der Waals surface area (Å²) < 4.78 is 5.58. The Morgan fingerprint density at radius 3 is 3.26 bits per heavy atom. The third-order valence-electron chi connectivity index (χ3n) is 3.95. The first-order valence-electron chi connectivity index (χ1n) is 7.31. The first kappa shape index (κ1) is 12.7. The van der Waals surface area contributed by atoms with E-state index in [0.29, 0.717) is 18.5 Å². The number of anilines is 1. The van der Waals surface area contributed by atoms with Gasteiger partial charge in [0, 0.05) is 31.4 Å². The molecule has 2 fully saturated rings. The normalized spacial score (nSPS) is 26.3. The van der Waals surface area contributed by atoms with Crippen molar-refractivity contribution in [2.75, 3.05) is 31.1 Å². The van der Waals surface area contributed by atoms with Crippen molar-refractivity contribution in [2.24, 2.45) is 5.92 Å². The number of fused-ring (bicyclic) bond motifs is 1. The maximum atomic E-state index is 5.58. The smallest absolute Gasteiger partial charge is 0.228 e.